The van der Waals surface area contributed by atoms with Crippen molar-refractivity contribution in [1.82, 2.24) is 4.90 Å². The highest BCUT2D eigenvalue weighted by Crippen LogP contribution is 1.94. The second-order valence-corrected chi connectivity index (χ2v) is 2.50. The van der Waals surface area contributed by atoms with Crippen molar-refractivity contribution >= 4 is 5.91 Å². The minimum Gasteiger partial charge on any atom is -0.385 e. The van der Waals surface area contributed by atoms with Crippen LogP contribution in [0.3, 0.4) is 0 Å². The summed E-state index contributed by atoms with van der Waals surface area (Å²) in [6.07, 6.45) is 1.16. The number of methoxy groups -OCH3 is 1. The van der Waals surface area contributed by atoms with Crippen LogP contribution < -0.4 is 0 Å². The number of hydrogen-bond donors (Lipinski definition) is 0. The number of rotatable bonds is 5. The molecule has 0 aliphatic carbocycles. The molecule has 0 aliphatic heterocycles. The fourth-order valence-corrected chi connectivity index (χ4v) is 0.753. The first kappa shape index (κ1) is 10.9. The molecule has 0 spiro atoms. The highest BCUT2D eigenvalue weighted by atomic mass is 16.5. The smallest absolute Gasteiger partial charge is 0.223 e. The highest BCUT2D eigenvalue weighted by Gasteiger charge is 2.06. The molecule has 12 heavy (non-hydrogen) atoms. The Labute approximate surface area is 72.7 Å². The zero-order chi connectivity index (χ0) is 9.40. The maximum Gasteiger partial charge on any atom is 0.223 e. The number of amides is 1. The molecule has 0 N–H and O–H groups in total. The maximum atomic E-state index is 11.1. The SMILES string of the molecule is COCCCC(=O)N(C)CC#N. The van der Waals surface area contributed by atoms with Gasteiger partial charge in [-0.3, -0.25) is 4.79 Å². The Morgan fingerprint density at radius 1 is 1.67 bits per heavy atom. The van der Waals surface area contributed by atoms with Gasteiger partial charge in [-0.25, -0.2) is 0 Å². The molecule has 4 nitrogen and oxygen atoms in total. The zero-order valence-corrected chi connectivity index (χ0v) is 7.54. The molecule has 1 amide bonds. The van der Waals surface area contributed by atoms with E-state index in [-0.39, 0.29) is 12.5 Å². The lowest BCUT2D eigenvalue weighted by Crippen LogP contribution is -2.26. The molecule has 0 unspecified atom stereocenters. The normalized spacial score (nSPS) is 9.08. The Hall–Kier alpha value is -1.08. The van der Waals surface area contributed by atoms with Crippen molar-refractivity contribution < 1.29 is 9.53 Å². The van der Waals surface area contributed by atoms with Crippen molar-refractivity contribution in [3.63, 3.8) is 0 Å². The molecule has 0 aromatic carbocycles. The molecular formula is C8H14N2O2. The van der Waals surface area contributed by atoms with E-state index >= 15 is 0 Å². The van der Waals surface area contributed by atoms with Crippen LogP contribution >= 0.6 is 0 Å². The number of nitriles is 1. The second kappa shape index (κ2) is 6.62. The summed E-state index contributed by atoms with van der Waals surface area (Å²) in [4.78, 5) is 12.5. The minimum atomic E-state index is -0.00593. The van der Waals surface area contributed by atoms with Gasteiger partial charge in [0, 0.05) is 27.2 Å². The summed E-state index contributed by atoms with van der Waals surface area (Å²) in [5, 5.41) is 8.29. The Bertz CT molecular complexity index is 174. The number of carbonyl (C=O) groups excluding carboxylic acids is 1. The van der Waals surface area contributed by atoms with Gasteiger partial charge in [-0.1, -0.05) is 0 Å². The van der Waals surface area contributed by atoms with Crippen LogP contribution in [0.4, 0.5) is 0 Å². The van der Waals surface area contributed by atoms with Crippen molar-refractivity contribution in [2.75, 3.05) is 27.3 Å². The summed E-state index contributed by atoms with van der Waals surface area (Å²) < 4.78 is 4.80. The molecule has 0 aliphatic rings. The third-order valence-electron chi connectivity index (χ3n) is 1.47. The number of hydrogen-bond acceptors (Lipinski definition) is 3. The Kier molecular flexibility index (Phi) is 6.02. The Balaban J connectivity index is 3.51. The van der Waals surface area contributed by atoms with Gasteiger partial charge in [0.2, 0.25) is 5.91 Å². The molecule has 0 aromatic heterocycles. The van der Waals surface area contributed by atoms with Gasteiger partial charge in [0.05, 0.1) is 6.07 Å². The third-order valence-corrected chi connectivity index (χ3v) is 1.47. The van der Waals surface area contributed by atoms with Crippen LogP contribution in [0.1, 0.15) is 12.8 Å². The summed E-state index contributed by atoms with van der Waals surface area (Å²) in [5.74, 6) is -0.00593. The van der Waals surface area contributed by atoms with E-state index in [1.807, 2.05) is 6.07 Å². The summed E-state index contributed by atoms with van der Waals surface area (Å²) >= 11 is 0. The number of nitrogens with zero attached hydrogens (tertiary/aromatic N) is 2. The monoisotopic (exact) mass is 170 g/mol. The second-order valence-electron chi connectivity index (χ2n) is 2.50. The van der Waals surface area contributed by atoms with E-state index in [0.717, 1.165) is 0 Å². The van der Waals surface area contributed by atoms with Crippen molar-refractivity contribution in [3.8, 4) is 6.07 Å². The summed E-state index contributed by atoms with van der Waals surface area (Å²) in [6, 6.07) is 1.91. The van der Waals surface area contributed by atoms with Crippen LogP contribution in [0.2, 0.25) is 0 Å². The molecule has 0 rings (SSSR count). The van der Waals surface area contributed by atoms with E-state index in [1.54, 1.807) is 14.2 Å². The van der Waals surface area contributed by atoms with Crippen molar-refractivity contribution in [1.29, 1.82) is 5.26 Å². The van der Waals surface area contributed by atoms with E-state index < -0.39 is 0 Å². The van der Waals surface area contributed by atoms with Crippen molar-refractivity contribution in [3.05, 3.63) is 0 Å². The first-order valence-corrected chi connectivity index (χ1v) is 3.82. The number of ether oxygens (including phenoxy) is 1. The van der Waals surface area contributed by atoms with Gasteiger partial charge in [0.25, 0.3) is 0 Å². The Morgan fingerprint density at radius 3 is 2.83 bits per heavy atom. The van der Waals surface area contributed by atoms with E-state index in [2.05, 4.69) is 0 Å². The molecular weight excluding hydrogens is 156 g/mol. The van der Waals surface area contributed by atoms with E-state index in [0.29, 0.717) is 19.4 Å². The van der Waals surface area contributed by atoms with Crippen LogP contribution in [0.5, 0.6) is 0 Å². The largest absolute Gasteiger partial charge is 0.385 e. The number of carbonyl (C=O) groups is 1. The molecule has 0 aromatic rings. The van der Waals surface area contributed by atoms with Crippen LogP contribution in [0.15, 0.2) is 0 Å². The summed E-state index contributed by atoms with van der Waals surface area (Å²) in [6.45, 7) is 0.748. The Morgan fingerprint density at radius 2 is 2.33 bits per heavy atom. The maximum absolute atomic E-state index is 11.1. The topological polar surface area (TPSA) is 53.3 Å². The average molecular weight is 170 g/mol. The van der Waals surface area contributed by atoms with Crippen molar-refractivity contribution in [2.45, 2.75) is 12.8 Å². The van der Waals surface area contributed by atoms with Crippen LogP contribution in [-0.4, -0.2) is 38.1 Å². The quantitative estimate of drug-likeness (QED) is 0.443. The average Bonchev–Trinajstić information content (AvgIpc) is 2.05. The summed E-state index contributed by atoms with van der Waals surface area (Å²) in [7, 11) is 3.22. The predicted octanol–water partition coefficient (Wildman–Crippen LogP) is 0.395. The van der Waals surface area contributed by atoms with Gasteiger partial charge in [0.1, 0.15) is 6.54 Å². The predicted molar refractivity (Wildman–Crippen MR) is 44.4 cm³/mol. The van der Waals surface area contributed by atoms with Crippen molar-refractivity contribution in [2.24, 2.45) is 0 Å². The van der Waals surface area contributed by atoms with Gasteiger partial charge in [-0.2, -0.15) is 5.26 Å². The van der Waals surface area contributed by atoms with E-state index in [9.17, 15) is 4.79 Å². The molecule has 4 heteroatoms. The molecule has 0 bridgehead atoms. The zero-order valence-electron chi connectivity index (χ0n) is 7.54. The molecule has 0 heterocycles. The standard InChI is InChI=1S/C8H14N2O2/c1-10(6-5-9)8(11)4-3-7-12-2/h3-4,6-7H2,1-2H3. The molecule has 0 radical (unpaired) electrons. The fourth-order valence-electron chi connectivity index (χ4n) is 0.753. The highest BCUT2D eigenvalue weighted by molar-refractivity contribution is 5.76. The van der Waals surface area contributed by atoms with Gasteiger partial charge in [-0.05, 0) is 6.42 Å². The summed E-state index contributed by atoms with van der Waals surface area (Å²) in [5.41, 5.74) is 0. The van der Waals surface area contributed by atoms with Crippen LogP contribution in [-0.2, 0) is 9.53 Å². The first-order valence-electron chi connectivity index (χ1n) is 3.82. The van der Waals surface area contributed by atoms with E-state index in [4.69, 9.17) is 10.00 Å². The van der Waals surface area contributed by atoms with Crippen LogP contribution in [0, 0.1) is 11.3 Å². The third kappa shape index (κ3) is 4.69. The molecule has 0 saturated carbocycles. The van der Waals surface area contributed by atoms with Gasteiger partial charge in [0.15, 0.2) is 0 Å². The molecule has 68 valence electrons. The molecule has 0 fully saturated rings. The van der Waals surface area contributed by atoms with Crippen LogP contribution in [0.25, 0.3) is 0 Å². The molecule has 0 atom stereocenters. The van der Waals surface area contributed by atoms with Gasteiger partial charge in [-0.15, -0.1) is 0 Å². The van der Waals surface area contributed by atoms with Gasteiger partial charge < -0.3 is 9.64 Å². The molecule has 0 saturated heterocycles. The van der Waals surface area contributed by atoms with Gasteiger partial charge >= 0.3 is 0 Å². The first-order chi connectivity index (χ1) is 5.72. The lowest BCUT2D eigenvalue weighted by molar-refractivity contribution is -0.129. The minimum absolute atomic E-state index is 0.00593. The lowest BCUT2D eigenvalue weighted by atomic mass is 10.3. The van der Waals surface area contributed by atoms with E-state index in [1.165, 1.54) is 4.90 Å². The fraction of sp³-hybridized carbons (Fsp3) is 0.750. The lowest BCUT2D eigenvalue weighted by Gasteiger charge is -2.11.